The van der Waals surface area contributed by atoms with Crippen molar-refractivity contribution in [1.29, 1.82) is 0 Å². The highest BCUT2D eigenvalue weighted by Crippen LogP contribution is 2.41. The minimum absolute atomic E-state index is 0.0542. The van der Waals surface area contributed by atoms with Gasteiger partial charge >= 0.3 is 0 Å². The van der Waals surface area contributed by atoms with Gasteiger partial charge in [0.15, 0.2) is 0 Å². The van der Waals surface area contributed by atoms with E-state index < -0.39 is 0 Å². The molecule has 3 atom stereocenters. The minimum Gasteiger partial charge on any atom is -0.392 e. The van der Waals surface area contributed by atoms with Crippen LogP contribution < -0.4 is 0 Å². The quantitative estimate of drug-likeness (QED) is 0.922. The minimum atomic E-state index is -0.290. The van der Waals surface area contributed by atoms with E-state index in [1.165, 1.54) is 5.75 Å². The summed E-state index contributed by atoms with van der Waals surface area (Å²) < 4.78 is 6.01. The number of hydrogen-bond donors (Lipinski definition) is 1. The predicted octanol–water partition coefficient (Wildman–Crippen LogP) is 2.29. The smallest absolute Gasteiger partial charge is 0.0783 e. The first-order valence-corrected chi connectivity index (χ1v) is 8.23. The van der Waals surface area contributed by atoms with Crippen LogP contribution in [0.5, 0.6) is 0 Å². The molecule has 3 nitrogen and oxygen atoms in total. The molecule has 0 aliphatic carbocycles. The lowest BCUT2D eigenvalue weighted by Crippen LogP contribution is -2.43. The number of aliphatic hydroxyl groups excluding tert-OH is 1. The fraction of sp³-hybridized carbons (Fsp3) is 0.667. The molecule has 19 heavy (non-hydrogen) atoms. The summed E-state index contributed by atoms with van der Waals surface area (Å²) in [5.41, 5.74) is 1.04. The number of thioether (sulfide) groups is 1. The van der Waals surface area contributed by atoms with Crippen LogP contribution in [0.4, 0.5) is 0 Å². The van der Waals surface area contributed by atoms with E-state index in [4.69, 9.17) is 4.74 Å². The van der Waals surface area contributed by atoms with Crippen LogP contribution in [-0.2, 0) is 11.2 Å². The molecule has 0 bridgehead atoms. The first-order valence-electron chi connectivity index (χ1n) is 7.07. The van der Waals surface area contributed by atoms with Crippen LogP contribution in [0.1, 0.15) is 25.0 Å². The summed E-state index contributed by atoms with van der Waals surface area (Å²) >= 11 is 1.98. The van der Waals surface area contributed by atoms with Gasteiger partial charge in [0.2, 0.25) is 0 Å². The van der Waals surface area contributed by atoms with E-state index in [0.29, 0.717) is 12.3 Å². The monoisotopic (exact) mass is 279 g/mol. The van der Waals surface area contributed by atoms with E-state index in [-0.39, 0.29) is 11.7 Å². The van der Waals surface area contributed by atoms with E-state index in [9.17, 15) is 5.11 Å². The molecule has 0 aromatic carbocycles. The summed E-state index contributed by atoms with van der Waals surface area (Å²) in [7, 11) is 0. The molecule has 1 aromatic heterocycles. The van der Waals surface area contributed by atoms with E-state index in [1.807, 2.05) is 30.0 Å². The van der Waals surface area contributed by atoms with Crippen molar-refractivity contribution >= 4 is 11.8 Å². The molecule has 1 N–H and O–H groups in total. The molecular weight excluding hydrogens is 258 g/mol. The fourth-order valence-electron chi connectivity index (χ4n) is 3.16. The van der Waals surface area contributed by atoms with Gasteiger partial charge in [-0.2, -0.15) is 11.8 Å². The van der Waals surface area contributed by atoms with Crippen LogP contribution in [0.2, 0.25) is 0 Å². The number of rotatable bonds is 3. The fourth-order valence-corrected chi connectivity index (χ4v) is 4.54. The van der Waals surface area contributed by atoms with Gasteiger partial charge in [0.05, 0.1) is 11.7 Å². The van der Waals surface area contributed by atoms with E-state index >= 15 is 0 Å². The molecule has 2 fully saturated rings. The van der Waals surface area contributed by atoms with Crippen molar-refractivity contribution in [2.75, 3.05) is 18.1 Å². The van der Waals surface area contributed by atoms with Gasteiger partial charge in [-0.05, 0) is 43.1 Å². The maximum absolute atomic E-state index is 10.5. The Hall–Kier alpha value is -0.580. The molecule has 4 heteroatoms. The first-order chi connectivity index (χ1) is 9.27. The third-order valence-electron chi connectivity index (χ3n) is 4.29. The maximum Gasteiger partial charge on any atom is 0.0783 e. The Kier molecular flexibility index (Phi) is 4.10. The largest absolute Gasteiger partial charge is 0.392 e. The van der Waals surface area contributed by atoms with Crippen molar-refractivity contribution in [3.8, 4) is 0 Å². The number of nitrogens with zero attached hydrogens (tertiary/aromatic N) is 1. The Balaban J connectivity index is 1.61. The average Bonchev–Trinajstić information content (AvgIpc) is 2.88. The van der Waals surface area contributed by atoms with Crippen molar-refractivity contribution in [3.63, 3.8) is 0 Å². The highest BCUT2D eigenvalue weighted by Gasteiger charge is 2.42. The van der Waals surface area contributed by atoms with Crippen LogP contribution in [0.25, 0.3) is 0 Å². The third-order valence-corrected chi connectivity index (χ3v) is 5.51. The van der Waals surface area contributed by atoms with Crippen LogP contribution in [-0.4, -0.2) is 39.9 Å². The van der Waals surface area contributed by atoms with Crippen LogP contribution in [0, 0.1) is 5.92 Å². The number of ether oxygens (including phenoxy) is 1. The second-order valence-electron chi connectivity index (χ2n) is 5.68. The molecule has 2 saturated heterocycles. The van der Waals surface area contributed by atoms with Gasteiger partial charge in [0, 0.05) is 30.7 Å². The molecule has 2 aliphatic rings. The highest BCUT2D eigenvalue weighted by atomic mass is 32.2. The number of aliphatic hydroxyl groups is 1. The average molecular weight is 279 g/mol. The van der Waals surface area contributed by atoms with Gasteiger partial charge in [0.25, 0.3) is 0 Å². The van der Waals surface area contributed by atoms with Crippen molar-refractivity contribution in [2.45, 2.75) is 37.4 Å². The van der Waals surface area contributed by atoms with Gasteiger partial charge in [-0.1, -0.05) is 6.07 Å². The summed E-state index contributed by atoms with van der Waals surface area (Å²) in [5, 5.41) is 10.5. The number of hydrogen-bond acceptors (Lipinski definition) is 4. The number of pyridine rings is 1. The zero-order valence-corrected chi connectivity index (χ0v) is 11.9. The van der Waals surface area contributed by atoms with Gasteiger partial charge in [-0.15, -0.1) is 0 Å². The Morgan fingerprint density at radius 3 is 3.21 bits per heavy atom. The lowest BCUT2D eigenvalue weighted by atomic mass is 9.81. The van der Waals surface area contributed by atoms with Crippen molar-refractivity contribution in [3.05, 3.63) is 30.1 Å². The molecule has 1 spiro atoms. The van der Waals surface area contributed by atoms with Crippen LogP contribution in [0.15, 0.2) is 24.4 Å². The molecular formula is C15H21NO2S. The van der Waals surface area contributed by atoms with Crippen molar-refractivity contribution in [2.24, 2.45) is 5.92 Å². The Morgan fingerprint density at radius 2 is 2.47 bits per heavy atom. The molecule has 1 aromatic rings. The van der Waals surface area contributed by atoms with E-state index in [0.717, 1.165) is 37.3 Å². The second kappa shape index (κ2) is 5.81. The number of aromatic nitrogens is 1. The van der Waals surface area contributed by atoms with Crippen LogP contribution >= 0.6 is 11.8 Å². The highest BCUT2D eigenvalue weighted by molar-refractivity contribution is 7.99. The zero-order valence-electron chi connectivity index (χ0n) is 11.1. The molecule has 3 rings (SSSR count). The SMILES string of the molecule is OC(Cc1ccccn1)C1CCOC2(CCSC2)C1. The Labute approximate surface area is 118 Å². The van der Waals surface area contributed by atoms with Gasteiger partial charge in [-0.3, -0.25) is 4.98 Å². The molecule has 2 aliphatic heterocycles. The summed E-state index contributed by atoms with van der Waals surface area (Å²) in [6.45, 7) is 0.796. The van der Waals surface area contributed by atoms with E-state index in [1.54, 1.807) is 6.20 Å². The maximum atomic E-state index is 10.5. The molecule has 104 valence electrons. The van der Waals surface area contributed by atoms with Gasteiger partial charge in [-0.25, -0.2) is 0 Å². The van der Waals surface area contributed by atoms with Gasteiger partial charge in [0.1, 0.15) is 0 Å². The summed E-state index contributed by atoms with van der Waals surface area (Å²) in [6.07, 6.45) is 5.29. The predicted molar refractivity (Wildman–Crippen MR) is 77.3 cm³/mol. The molecule has 0 radical (unpaired) electrons. The Morgan fingerprint density at radius 1 is 1.53 bits per heavy atom. The first kappa shape index (κ1) is 13.4. The van der Waals surface area contributed by atoms with Crippen molar-refractivity contribution in [1.82, 2.24) is 4.98 Å². The third kappa shape index (κ3) is 3.12. The summed E-state index contributed by atoms with van der Waals surface area (Å²) in [5.74, 6) is 2.65. The zero-order chi connectivity index (χ0) is 13.1. The molecule has 0 amide bonds. The normalized spacial score (nSPS) is 32.6. The molecule has 3 heterocycles. The van der Waals surface area contributed by atoms with Gasteiger partial charge < -0.3 is 9.84 Å². The second-order valence-corrected chi connectivity index (χ2v) is 6.78. The summed E-state index contributed by atoms with van der Waals surface area (Å²) in [6, 6.07) is 5.88. The summed E-state index contributed by atoms with van der Waals surface area (Å²) in [4.78, 5) is 4.31. The molecule has 3 unspecified atom stereocenters. The Bertz CT molecular complexity index is 406. The topological polar surface area (TPSA) is 42.4 Å². The standard InChI is InChI=1S/C15H21NO2S/c17-14(9-13-3-1-2-6-16-13)12-4-7-18-15(10-12)5-8-19-11-15/h1-3,6,12,14,17H,4-5,7-11H2. The molecule has 0 saturated carbocycles. The lowest BCUT2D eigenvalue weighted by Gasteiger charge is -2.39. The van der Waals surface area contributed by atoms with Crippen molar-refractivity contribution < 1.29 is 9.84 Å². The lowest BCUT2D eigenvalue weighted by molar-refractivity contribution is -0.101. The van der Waals surface area contributed by atoms with Crippen LogP contribution in [0.3, 0.4) is 0 Å². The van der Waals surface area contributed by atoms with E-state index in [2.05, 4.69) is 4.98 Å².